The topological polar surface area (TPSA) is 38.5 Å². The van der Waals surface area contributed by atoms with Gasteiger partial charge in [-0.25, -0.2) is 0 Å². The molecule has 1 unspecified atom stereocenters. The van der Waals surface area contributed by atoms with E-state index in [0.29, 0.717) is 12.2 Å². The van der Waals surface area contributed by atoms with E-state index in [9.17, 15) is 8.78 Å². The van der Waals surface area contributed by atoms with Crippen molar-refractivity contribution in [1.82, 2.24) is 0 Å². The molecule has 0 aliphatic carbocycles. The quantitative estimate of drug-likeness (QED) is 0.857. The van der Waals surface area contributed by atoms with Crippen molar-refractivity contribution in [3.63, 3.8) is 0 Å². The first kappa shape index (κ1) is 11.1. The normalized spacial score (nSPS) is 20.5. The van der Waals surface area contributed by atoms with Crippen LogP contribution in [0.4, 0.5) is 14.5 Å². The molecule has 1 aromatic rings. The third kappa shape index (κ3) is 2.41. The zero-order valence-electron chi connectivity index (χ0n) is 8.77. The zero-order chi connectivity index (χ0) is 11.5. The molecule has 0 bridgehead atoms. The first-order valence-electron chi connectivity index (χ1n) is 5.21. The number of benzene rings is 1. The van der Waals surface area contributed by atoms with Gasteiger partial charge < -0.3 is 15.4 Å². The number of halogens is 2. The molecule has 1 aliphatic heterocycles. The third-order valence-electron chi connectivity index (χ3n) is 2.65. The maximum atomic E-state index is 12.2. The molecule has 1 atom stereocenters. The second-order valence-electron chi connectivity index (χ2n) is 3.84. The number of alkyl halides is 2. The summed E-state index contributed by atoms with van der Waals surface area (Å²) >= 11 is 0. The van der Waals surface area contributed by atoms with E-state index in [1.54, 1.807) is 24.3 Å². The van der Waals surface area contributed by atoms with Crippen LogP contribution in [0.15, 0.2) is 24.3 Å². The molecule has 1 heterocycles. The van der Waals surface area contributed by atoms with Crippen LogP contribution in [-0.2, 0) is 0 Å². The van der Waals surface area contributed by atoms with E-state index in [2.05, 4.69) is 4.74 Å². The number of hydrogen-bond acceptors (Lipinski definition) is 3. The van der Waals surface area contributed by atoms with E-state index < -0.39 is 6.61 Å². The highest BCUT2D eigenvalue weighted by Crippen LogP contribution is 2.31. The van der Waals surface area contributed by atoms with Gasteiger partial charge in [-0.15, -0.1) is 0 Å². The van der Waals surface area contributed by atoms with E-state index in [4.69, 9.17) is 5.73 Å². The predicted octanol–water partition coefficient (Wildman–Crippen LogP) is 1.83. The zero-order valence-corrected chi connectivity index (χ0v) is 8.77. The highest BCUT2D eigenvalue weighted by atomic mass is 19.3. The minimum Gasteiger partial charge on any atom is -0.433 e. The van der Waals surface area contributed by atoms with Gasteiger partial charge in [0.15, 0.2) is 0 Å². The van der Waals surface area contributed by atoms with Crippen LogP contribution in [0.1, 0.15) is 6.42 Å². The van der Waals surface area contributed by atoms with Crippen molar-refractivity contribution in [3.8, 4) is 5.75 Å². The highest BCUT2D eigenvalue weighted by Gasteiger charge is 2.22. The molecule has 1 saturated heterocycles. The Morgan fingerprint density at radius 3 is 2.75 bits per heavy atom. The van der Waals surface area contributed by atoms with E-state index >= 15 is 0 Å². The van der Waals surface area contributed by atoms with Gasteiger partial charge in [0, 0.05) is 19.1 Å². The monoisotopic (exact) mass is 228 g/mol. The van der Waals surface area contributed by atoms with Crippen molar-refractivity contribution in [3.05, 3.63) is 24.3 Å². The third-order valence-corrected chi connectivity index (χ3v) is 2.65. The first-order valence-corrected chi connectivity index (χ1v) is 5.21. The number of hydrogen-bond donors (Lipinski definition) is 1. The summed E-state index contributed by atoms with van der Waals surface area (Å²) in [5.74, 6) is 0.214. The molecular formula is C11H14F2N2O. The Labute approximate surface area is 92.8 Å². The fraction of sp³-hybridized carbons (Fsp3) is 0.455. The average Bonchev–Trinajstić information content (AvgIpc) is 2.65. The molecule has 16 heavy (non-hydrogen) atoms. The van der Waals surface area contributed by atoms with Crippen LogP contribution in [0.25, 0.3) is 0 Å². The van der Waals surface area contributed by atoms with Crippen LogP contribution in [0.3, 0.4) is 0 Å². The Bertz CT molecular complexity index is 360. The van der Waals surface area contributed by atoms with Gasteiger partial charge in [0.2, 0.25) is 0 Å². The molecule has 3 nitrogen and oxygen atoms in total. The Kier molecular flexibility index (Phi) is 3.24. The van der Waals surface area contributed by atoms with Gasteiger partial charge in [-0.1, -0.05) is 12.1 Å². The van der Waals surface area contributed by atoms with Crippen molar-refractivity contribution in [1.29, 1.82) is 0 Å². The van der Waals surface area contributed by atoms with Crippen molar-refractivity contribution in [2.24, 2.45) is 5.73 Å². The summed E-state index contributed by atoms with van der Waals surface area (Å²) in [6.45, 7) is -1.33. The summed E-state index contributed by atoms with van der Waals surface area (Å²) in [7, 11) is 0. The predicted molar refractivity (Wildman–Crippen MR) is 57.9 cm³/mol. The minimum absolute atomic E-state index is 0.111. The number of para-hydroxylation sites is 2. The van der Waals surface area contributed by atoms with Crippen LogP contribution >= 0.6 is 0 Å². The highest BCUT2D eigenvalue weighted by molar-refractivity contribution is 5.59. The van der Waals surface area contributed by atoms with Crippen LogP contribution < -0.4 is 15.4 Å². The number of nitrogens with zero attached hydrogens (tertiary/aromatic N) is 1. The molecule has 5 heteroatoms. The van der Waals surface area contributed by atoms with Gasteiger partial charge in [-0.2, -0.15) is 8.78 Å². The van der Waals surface area contributed by atoms with Crippen LogP contribution in [0, 0.1) is 0 Å². The summed E-state index contributed by atoms with van der Waals surface area (Å²) in [6.07, 6.45) is 0.878. The van der Waals surface area contributed by atoms with Gasteiger partial charge in [0.1, 0.15) is 5.75 Å². The van der Waals surface area contributed by atoms with Crippen molar-refractivity contribution < 1.29 is 13.5 Å². The molecule has 88 valence electrons. The number of rotatable bonds is 3. The molecule has 0 radical (unpaired) electrons. The van der Waals surface area contributed by atoms with E-state index in [1.807, 2.05) is 4.90 Å². The van der Waals surface area contributed by atoms with E-state index in [1.165, 1.54) is 0 Å². The van der Waals surface area contributed by atoms with Gasteiger partial charge in [-0.05, 0) is 18.6 Å². The Hall–Kier alpha value is -1.36. The number of nitrogens with two attached hydrogens (primary N) is 1. The lowest BCUT2D eigenvalue weighted by Crippen LogP contribution is -2.26. The molecule has 0 aromatic heterocycles. The van der Waals surface area contributed by atoms with Crippen molar-refractivity contribution >= 4 is 5.69 Å². The summed E-state index contributed by atoms with van der Waals surface area (Å²) in [6, 6.07) is 6.91. The minimum atomic E-state index is -2.79. The fourth-order valence-corrected chi connectivity index (χ4v) is 1.92. The maximum absolute atomic E-state index is 12.2. The first-order chi connectivity index (χ1) is 7.66. The molecule has 2 N–H and O–H groups in total. The molecule has 1 aliphatic rings. The molecule has 1 aromatic carbocycles. The second kappa shape index (κ2) is 4.65. The Morgan fingerprint density at radius 1 is 1.38 bits per heavy atom. The molecule has 0 amide bonds. The van der Waals surface area contributed by atoms with Gasteiger partial charge in [0.05, 0.1) is 5.69 Å². The number of ether oxygens (including phenoxy) is 1. The van der Waals surface area contributed by atoms with Crippen molar-refractivity contribution in [2.75, 3.05) is 18.0 Å². The van der Waals surface area contributed by atoms with Gasteiger partial charge in [0.25, 0.3) is 0 Å². The second-order valence-corrected chi connectivity index (χ2v) is 3.84. The van der Waals surface area contributed by atoms with Crippen molar-refractivity contribution in [2.45, 2.75) is 19.1 Å². The standard InChI is InChI=1S/C11H14F2N2O/c12-11(13)16-10-4-2-1-3-9(10)15-6-5-8(14)7-15/h1-4,8,11H,5-7,14H2. The van der Waals surface area contributed by atoms with E-state index in [-0.39, 0.29) is 11.8 Å². The van der Waals surface area contributed by atoms with Gasteiger partial charge >= 0.3 is 6.61 Å². The molecule has 0 saturated carbocycles. The smallest absolute Gasteiger partial charge is 0.387 e. The Morgan fingerprint density at radius 2 is 2.12 bits per heavy atom. The largest absolute Gasteiger partial charge is 0.433 e. The summed E-state index contributed by atoms with van der Waals surface area (Å²) in [4.78, 5) is 1.97. The molecule has 2 rings (SSSR count). The lowest BCUT2D eigenvalue weighted by Gasteiger charge is -2.21. The Balaban J connectivity index is 2.19. The van der Waals surface area contributed by atoms with Crippen LogP contribution in [0.2, 0.25) is 0 Å². The average molecular weight is 228 g/mol. The van der Waals surface area contributed by atoms with Crippen LogP contribution in [0.5, 0.6) is 5.75 Å². The summed E-state index contributed by atoms with van der Waals surface area (Å²) < 4.78 is 28.9. The lowest BCUT2D eigenvalue weighted by molar-refractivity contribution is -0.0495. The van der Waals surface area contributed by atoms with Gasteiger partial charge in [-0.3, -0.25) is 0 Å². The summed E-state index contributed by atoms with van der Waals surface area (Å²) in [5, 5.41) is 0. The summed E-state index contributed by atoms with van der Waals surface area (Å²) in [5.41, 5.74) is 6.47. The van der Waals surface area contributed by atoms with Crippen LogP contribution in [-0.4, -0.2) is 25.7 Å². The molecule has 1 fully saturated rings. The molecule has 0 spiro atoms. The fourth-order valence-electron chi connectivity index (χ4n) is 1.92. The SMILES string of the molecule is NC1CCN(c2ccccc2OC(F)F)C1. The molecular weight excluding hydrogens is 214 g/mol. The maximum Gasteiger partial charge on any atom is 0.387 e. The lowest BCUT2D eigenvalue weighted by atomic mass is 10.2. The van der Waals surface area contributed by atoms with E-state index in [0.717, 1.165) is 13.0 Å². The number of anilines is 1.